The molecule has 4 aliphatic rings. The fourth-order valence-electron chi connectivity index (χ4n) is 5.48. The third-order valence-corrected chi connectivity index (χ3v) is 7.19. The highest BCUT2D eigenvalue weighted by Crippen LogP contribution is 2.50. The van der Waals surface area contributed by atoms with Gasteiger partial charge < -0.3 is 9.47 Å². The van der Waals surface area contributed by atoms with Gasteiger partial charge in [0.25, 0.3) is 0 Å². The van der Waals surface area contributed by atoms with E-state index in [1.807, 2.05) is 0 Å². The summed E-state index contributed by atoms with van der Waals surface area (Å²) in [4.78, 5) is 0. The highest BCUT2D eigenvalue weighted by molar-refractivity contribution is 6.10. The van der Waals surface area contributed by atoms with Gasteiger partial charge in [0.1, 0.15) is 6.10 Å². The molecule has 0 radical (unpaired) electrons. The minimum absolute atomic E-state index is 0.351. The number of allylic oxidation sites excluding steroid dienone is 3. The van der Waals surface area contributed by atoms with Crippen LogP contribution in [0.1, 0.15) is 78.6 Å². The van der Waals surface area contributed by atoms with Gasteiger partial charge in [0.05, 0.1) is 11.6 Å². The average Bonchev–Trinajstić information content (AvgIpc) is 3.22. The highest BCUT2D eigenvalue weighted by atomic mass is 16.5. The molecule has 0 aromatic carbocycles. The normalized spacial score (nSPS) is 31.8. The van der Waals surface area contributed by atoms with Crippen LogP contribution < -0.4 is 4.67 Å². The van der Waals surface area contributed by atoms with Gasteiger partial charge in [0.2, 0.25) is 0 Å². The zero-order chi connectivity index (χ0) is 18.9. The summed E-state index contributed by atoms with van der Waals surface area (Å²) in [5.41, 5.74) is 4.73. The van der Waals surface area contributed by atoms with E-state index in [9.17, 15) is 0 Å². The van der Waals surface area contributed by atoms with E-state index in [1.165, 1.54) is 63.4 Å². The molecule has 4 rings (SSSR count). The number of hydrogen-bond donors (Lipinski definition) is 0. The molecule has 2 heterocycles. The summed E-state index contributed by atoms with van der Waals surface area (Å²) in [6.45, 7) is 8.49. The molecule has 0 unspecified atom stereocenters. The molecule has 1 saturated carbocycles. The van der Waals surface area contributed by atoms with E-state index in [0.717, 1.165) is 30.7 Å². The van der Waals surface area contributed by atoms with Crippen LogP contribution in [0.3, 0.4) is 0 Å². The molecule has 0 N–H and O–H groups in total. The van der Waals surface area contributed by atoms with E-state index in [-0.39, 0.29) is 0 Å². The number of rotatable bonds is 4. The standard InChI is InChI=1S/C24H36NO2/c1-17(2)22-15-23(25-18(22)3)27-21-5-10-24(11-6-21)9-4-20(16-24)14-19-7-12-26-13-8-19/h4,15,17,19,21H,5-14,16H2,1-3H3/q+1. The first-order valence-corrected chi connectivity index (χ1v) is 11.1. The number of hydrogen-bond acceptors (Lipinski definition) is 2. The fraction of sp³-hybridized carbons (Fsp3) is 0.750. The van der Waals surface area contributed by atoms with Gasteiger partial charge in [-0.1, -0.05) is 25.5 Å². The zero-order valence-electron chi connectivity index (χ0n) is 17.4. The molecule has 148 valence electrons. The van der Waals surface area contributed by atoms with Gasteiger partial charge in [0, 0.05) is 20.1 Å². The second-order valence-electron chi connectivity index (χ2n) is 9.61. The number of ether oxygens (including phenoxy) is 2. The summed E-state index contributed by atoms with van der Waals surface area (Å²) in [7, 11) is 0. The summed E-state index contributed by atoms with van der Waals surface area (Å²) >= 11 is 0. The molecule has 2 fully saturated rings. The summed E-state index contributed by atoms with van der Waals surface area (Å²) < 4.78 is 16.4. The first kappa shape index (κ1) is 19.0. The van der Waals surface area contributed by atoms with Crippen molar-refractivity contribution in [3.05, 3.63) is 23.3 Å². The molecule has 2 aliphatic carbocycles. The van der Waals surface area contributed by atoms with E-state index in [4.69, 9.17) is 9.47 Å². The van der Waals surface area contributed by atoms with Gasteiger partial charge in [-0.05, 0) is 79.7 Å². The monoisotopic (exact) mass is 370 g/mol. The smallest absolute Gasteiger partial charge is 0.429 e. The largest absolute Gasteiger partial charge is 0.488 e. The van der Waals surface area contributed by atoms with E-state index in [0.29, 0.717) is 17.4 Å². The average molecular weight is 371 g/mol. The highest BCUT2D eigenvalue weighted by Gasteiger charge is 2.40. The lowest BCUT2D eigenvalue weighted by atomic mass is 9.70. The van der Waals surface area contributed by atoms with Gasteiger partial charge in [0.15, 0.2) is 0 Å². The van der Waals surface area contributed by atoms with Gasteiger partial charge in [-0.25, -0.2) is 0 Å². The Bertz CT molecular complexity index is 679. The van der Waals surface area contributed by atoms with Crippen LogP contribution in [-0.4, -0.2) is 30.9 Å². The van der Waals surface area contributed by atoms with Crippen molar-refractivity contribution in [3.8, 4) is 0 Å². The lowest BCUT2D eigenvalue weighted by molar-refractivity contribution is 0.0640. The second kappa shape index (κ2) is 7.97. The quantitative estimate of drug-likeness (QED) is 0.516. The molecule has 27 heavy (non-hydrogen) atoms. The van der Waals surface area contributed by atoms with Gasteiger partial charge in [-0.3, -0.25) is 0 Å². The Hall–Kier alpha value is -1.31. The third kappa shape index (κ3) is 4.41. The maximum atomic E-state index is 6.28. The van der Waals surface area contributed by atoms with Crippen molar-refractivity contribution in [2.45, 2.75) is 84.7 Å². The van der Waals surface area contributed by atoms with E-state index < -0.39 is 0 Å². The molecule has 0 aromatic heterocycles. The Morgan fingerprint density at radius 2 is 1.93 bits per heavy atom. The molecule has 0 atom stereocenters. The Morgan fingerprint density at radius 3 is 2.59 bits per heavy atom. The maximum absolute atomic E-state index is 6.28. The Kier molecular flexibility index (Phi) is 5.62. The Labute approximate surface area is 164 Å². The molecule has 3 heteroatoms. The van der Waals surface area contributed by atoms with Crippen molar-refractivity contribution >= 4 is 11.6 Å². The van der Waals surface area contributed by atoms with Crippen LogP contribution in [0.2, 0.25) is 0 Å². The molecular formula is C24H36NO2+. The minimum atomic E-state index is 0.351. The lowest BCUT2D eigenvalue weighted by Crippen LogP contribution is -2.30. The van der Waals surface area contributed by atoms with Crippen LogP contribution in [-0.2, 0) is 9.47 Å². The first-order valence-electron chi connectivity index (χ1n) is 11.1. The molecule has 0 aromatic rings. The fourth-order valence-corrected chi connectivity index (χ4v) is 5.48. The third-order valence-electron chi connectivity index (χ3n) is 7.19. The lowest BCUT2D eigenvalue weighted by Gasteiger charge is -2.37. The van der Waals surface area contributed by atoms with Crippen LogP contribution in [0, 0.1) is 17.3 Å². The molecule has 0 bridgehead atoms. The summed E-state index contributed by atoms with van der Waals surface area (Å²) in [6, 6.07) is 0. The summed E-state index contributed by atoms with van der Waals surface area (Å²) in [5, 5.41) is 0. The SMILES string of the molecule is CC1=[N+]=C(OC2CCC3(CC=C(CC4CCOCC4)C3)CC2)C=C1C(C)C. The predicted molar refractivity (Wildman–Crippen MR) is 112 cm³/mol. The van der Waals surface area contributed by atoms with Crippen LogP contribution in [0.15, 0.2) is 23.3 Å². The topological polar surface area (TPSA) is 32.6 Å². The van der Waals surface area contributed by atoms with Crippen molar-refractivity contribution in [1.82, 2.24) is 4.67 Å². The Balaban J connectivity index is 1.26. The van der Waals surface area contributed by atoms with Crippen LogP contribution in [0.25, 0.3) is 0 Å². The second-order valence-corrected chi connectivity index (χ2v) is 9.61. The molecule has 0 amide bonds. The van der Waals surface area contributed by atoms with Gasteiger partial charge in [-0.15, -0.1) is 0 Å². The predicted octanol–water partition coefficient (Wildman–Crippen LogP) is 4.99. The zero-order valence-corrected chi connectivity index (χ0v) is 17.4. The van der Waals surface area contributed by atoms with Gasteiger partial charge in [-0.2, -0.15) is 0 Å². The number of nitrogens with zero attached hydrogens (tertiary/aromatic N) is 1. The molecule has 1 spiro atoms. The van der Waals surface area contributed by atoms with E-state index in [2.05, 4.69) is 37.6 Å². The summed E-state index contributed by atoms with van der Waals surface area (Å²) in [6.07, 6.45) is 16.5. The maximum Gasteiger partial charge on any atom is 0.488 e. The van der Waals surface area contributed by atoms with E-state index in [1.54, 1.807) is 5.57 Å². The molecule has 3 nitrogen and oxygen atoms in total. The Morgan fingerprint density at radius 1 is 1.19 bits per heavy atom. The van der Waals surface area contributed by atoms with Crippen molar-refractivity contribution < 1.29 is 9.47 Å². The van der Waals surface area contributed by atoms with E-state index >= 15 is 0 Å². The van der Waals surface area contributed by atoms with Crippen molar-refractivity contribution in [2.75, 3.05) is 13.2 Å². The van der Waals surface area contributed by atoms with Gasteiger partial charge >= 0.3 is 11.6 Å². The molecular weight excluding hydrogens is 334 g/mol. The van der Waals surface area contributed by atoms with Crippen LogP contribution in [0.4, 0.5) is 0 Å². The minimum Gasteiger partial charge on any atom is -0.429 e. The van der Waals surface area contributed by atoms with Crippen molar-refractivity contribution in [3.63, 3.8) is 0 Å². The first-order chi connectivity index (χ1) is 13.0. The molecule has 1 saturated heterocycles. The molecule has 2 aliphatic heterocycles. The van der Waals surface area contributed by atoms with Crippen molar-refractivity contribution in [1.29, 1.82) is 0 Å². The van der Waals surface area contributed by atoms with Crippen LogP contribution in [0.5, 0.6) is 0 Å². The van der Waals surface area contributed by atoms with Crippen LogP contribution >= 0.6 is 0 Å². The van der Waals surface area contributed by atoms with Crippen molar-refractivity contribution in [2.24, 2.45) is 17.3 Å². The summed E-state index contributed by atoms with van der Waals surface area (Å²) in [5.74, 6) is 2.23.